The molecule has 214 valence electrons. The number of furan rings is 1. The minimum atomic E-state index is -1.01. The van der Waals surface area contributed by atoms with Crippen molar-refractivity contribution in [3.05, 3.63) is 82.8 Å². The van der Waals surface area contributed by atoms with Crippen molar-refractivity contribution in [3.63, 3.8) is 0 Å². The molecule has 1 aliphatic carbocycles. The van der Waals surface area contributed by atoms with Gasteiger partial charge in [0.05, 0.1) is 7.11 Å². The van der Waals surface area contributed by atoms with Gasteiger partial charge in [-0.2, -0.15) is 4.80 Å². The molecule has 2 aromatic carbocycles. The van der Waals surface area contributed by atoms with Crippen LogP contribution >= 0.6 is 11.6 Å². The number of carbonyl (C=O) groups excluding carboxylic acids is 2. The highest BCUT2D eigenvalue weighted by Gasteiger charge is 2.36. The van der Waals surface area contributed by atoms with E-state index < -0.39 is 6.04 Å². The van der Waals surface area contributed by atoms with Crippen LogP contribution in [0.4, 0.5) is 0 Å². The Morgan fingerprint density at radius 1 is 1.10 bits per heavy atom. The van der Waals surface area contributed by atoms with Gasteiger partial charge in [0.2, 0.25) is 11.7 Å². The summed E-state index contributed by atoms with van der Waals surface area (Å²) in [7, 11) is 1.59. The van der Waals surface area contributed by atoms with Gasteiger partial charge in [-0.3, -0.25) is 9.59 Å². The van der Waals surface area contributed by atoms with Gasteiger partial charge in [-0.15, -0.1) is 10.2 Å². The van der Waals surface area contributed by atoms with E-state index in [1.165, 1.54) is 9.70 Å². The number of amides is 2. The number of aryl methyl sites for hydroxylation is 1. The van der Waals surface area contributed by atoms with Crippen molar-refractivity contribution in [3.8, 4) is 17.1 Å². The summed E-state index contributed by atoms with van der Waals surface area (Å²) in [4.78, 5) is 30.6. The molecule has 0 aliphatic heterocycles. The monoisotopic (exact) mass is 576 g/mol. The molecule has 41 heavy (non-hydrogen) atoms. The van der Waals surface area contributed by atoms with Crippen LogP contribution in [0.2, 0.25) is 5.02 Å². The number of rotatable bonds is 10. The summed E-state index contributed by atoms with van der Waals surface area (Å²) in [6.07, 6.45) is 5.10. The minimum absolute atomic E-state index is 0.0520. The van der Waals surface area contributed by atoms with Crippen molar-refractivity contribution in [1.29, 1.82) is 0 Å². The molecule has 10 nitrogen and oxygen atoms in total. The van der Waals surface area contributed by atoms with E-state index in [0.29, 0.717) is 33.7 Å². The predicted molar refractivity (Wildman–Crippen MR) is 153 cm³/mol. The summed E-state index contributed by atoms with van der Waals surface area (Å²) in [5.41, 5.74) is 1.43. The molecule has 2 heterocycles. The van der Waals surface area contributed by atoms with Crippen LogP contribution in [0.25, 0.3) is 11.4 Å². The van der Waals surface area contributed by atoms with Crippen molar-refractivity contribution in [2.75, 3.05) is 7.11 Å². The van der Waals surface area contributed by atoms with Crippen molar-refractivity contribution < 1.29 is 18.7 Å². The van der Waals surface area contributed by atoms with E-state index in [1.54, 1.807) is 44.4 Å². The standard InChI is InChI=1S/C30H33ClN6O4/c1-20-12-17-26(41-20)28(30(39)32-23-9-4-3-5-10-23)36(18-22-8-6-7-11-25(22)31)27(38)19-37-34-29(33-35-37)21-13-15-24(40-2)16-14-21/h6-8,11-17,23,28H,3-5,9-10,18-19H2,1-2H3,(H,32,39). The summed E-state index contributed by atoms with van der Waals surface area (Å²) in [5, 5.41) is 16.3. The molecule has 1 atom stereocenters. The maximum absolute atomic E-state index is 14.0. The minimum Gasteiger partial charge on any atom is -0.497 e. The summed E-state index contributed by atoms with van der Waals surface area (Å²) in [6.45, 7) is 1.65. The van der Waals surface area contributed by atoms with Gasteiger partial charge < -0.3 is 19.4 Å². The van der Waals surface area contributed by atoms with E-state index >= 15 is 0 Å². The second kappa shape index (κ2) is 13.0. The highest BCUT2D eigenvalue weighted by Crippen LogP contribution is 2.29. The fraction of sp³-hybridized carbons (Fsp3) is 0.367. The molecule has 5 rings (SSSR count). The lowest BCUT2D eigenvalue weighted by Gasteiger charge is -2.32. The molecule has 11 heteroatoms. The van der Waals surface area contributed by atoms with Crippen LogP contribution in [-0.2, 0) is 22.7 Å². The lowest BCUT2D eigenvalue weighted by atomic mass is 9.95. The third-order valence-corrected chi connectivity index (χ3v) is 7.61. The Morgan fingerprint density at radius 2 is 1.85 bits per heavy atom. The molecule has 2 amide bonds. The first-order valence-corrected chi connectivity index (χ1v) is 14.1. The van der Waals surface area contributed by atoms with Gasteiger partial charge in [0.25, 0.3) is 5.91 Å². The molecular weight excluding hydrogens is 544 g/mol. The van der Waals surface area contributed by atoms with Crippen LogP contribution in [0, 0.1) is 6.92 Å². The van der Waals surface area contributed by atoms with Gasteiger partial charge in [-0.25, -0.2) is 0 Å². The topological polar surface area (TPSA) is 115 Å². The molecule has 1 saturated carbocycles. The van der Waals surface area contributed by atoms with E-state index in [4.69, 9.17) is 20.8 Å². The summed E-state index contributed by atoms with van der Waals surface area (Å²) in [6, 6.07) is 17.1. The summed E-state index contributed by atoms with van der Waals surface area (Å²) < 4.78 is 11.2. The van der Waals surface area contributed by atoms with Crippen LogP contribution in [-0.4, -0.2) is 50.1 Å². The lowest BCUT2D eigenvalue weighted by molar-refractivity contribution is -0.143. The maximum atomic E-state index is 14.0. The Morgan fingerprint density at radius 3 is 2.54 bits per heavy atom. The first kappa shape index (κ1) is 28.4. The zero-order chi connectivity index (χ0) is 28.8. The fourth-order valence-corrected chi connectivity index (χ4v) is 5.26. The first-order valence-electron chi connectivity index (χ1n) is 13.7. The molecule has 0 spiro atoms. The van der Waals surface area contributed by atoms with Gasteiger partial charge in [-0.05, 0) is 73.0 Å². The Hall–Kier alpha value is -4.18. The van der Waals surface area contributed by atoms with Gasteiger partial charge in [-0.1, -0.05) is 49.1 Å². The fourth-order valence-electron chi connectivity index (χ4n) is 5.06. The highest BCUT2D eigenvalue weighted by atomic mass is 35.5. The molecule has 1 aliphatic rings. The van der Waals surface area contributed by atoms with Crippen LogP contribution in [0.3, 0.4) is 0 Å². The molecule has 0 saturated heterocycles. The number of nitrogens with one attached hydrogen (secondary N) is 1. The maximum Gasteiger partial charge on any atom is 0.250 e. The molecule has 1 unspecified atom stereocenters. The van der Waals surface area contributed by atoms with Gasteiger partial charge in [0.1, 0.15) is 23.8 Å². The number of hydrogen-bond donors (Lipinski definition) is 1. The van der Waals surface area contributed by atoms with Crippen LogP contribution in [0.5, 0.6) is 5.75 Å². The number of methoxy groups -OCH3 is 1. The SMILES string of the molecule is COc1ccc(-c2nnn(CC(=O)N(Cc3ccccc3Cl)C(C(=O)NC3CCCCC3)c3ccc(C)o3)n2)cc1. The average molecular weight is 577 g/mol. The van der Waals surface area contributed by atoms with Crippen molar-refractivity contribution in [2.45, 2.75) is 64.2 Å². The second-order valence-corrected chi connectivity index (χ2v) is 10.6. The zero-order valence-electron chi connectivity index (χ0n) is 23.1. The number of hydrogen-bond acceptors (Lipinski definition) is 7. The highest BCUT2D eigenvalue weighted by molar-refractivity contribution is 6.31. The van der Waals surface area contributed by atoms with E-state index in [0.717, 1.165) is 37.7 Å². The second-order valence-electron chi connectivity index (χ2n) is 10.2. The summed E-state index contributed by atoms with van der Waals surface area (Å²) in [5.74, 6) is 1.41. The zero-order valence-corrected chi connectivity index (χ0v) is 23.9. The molecule has 4 aromatic rings. The van der Waals surface area contributed by atoms with E-state index in [1.807, 2.05) is 30.3 Å². The first-order chi connectivity index (χ1) is 19.9. The molecular formula is C30H33ClN6O4. The molecule has 0 bridgehead atoms. The largest absolute Gasteiger partial charge is 0.497 e. The van der Waals surface area contributed by atoms with Crippen LogP contribution in [0.15, 0.2) is 65.1 Å². The van der Waals surface area contributed by atoms with E-state index in [9.17, 15) is 9.59 Å². The van der Waals surface area contributed by atoms with Gasteiger partial charge in [0.15, 0.2) is 6.04 Å². The number of ether oxygens (including phenoxy) is 1. The van der Waals surface area contributed by atoms with Crippen LogP contribution in [0.1, 0.15) is 55.2 Å². The Balaban J connectivity index is 1.45. The van der Waals surface area contributed by atoms with E-state index in [-0.39, 0.29) is 30.9 Å². The molecule has 0 radical (unpaired) electrons. The molecule has 1 fully saturated rings. The average Bonchev–Trinajstić information content (AvgIpc) is 3.63. The number of tetrazole rings is 1. The van der Waals surface area contributed by atoms with Crippen molar-refractivity contribution >= 4 is 23.4 Å². The van der Waals surface area contributed by atoms with Crippen LogP contribution < -0.4 is 10.1 Å². The number of nitrogens with zero attached hydrogens (tertiary/aromatic N) is 5. The smallest absolute Gasteiger partial charge is 0.250 e. The lowest BCUT2D eigenvalue weighted by Crippen LogP contribution is -2.47. The molecule has 1 N–H and O–H groups in total. The third-order valence-electron chi connectivity index (χ3n) is 7.24. The number of aromatic nitrogens is 4. The number of benzene rings is 2. The summed E-state index contributed by atoms with van der Waals surface area (Å²) >= 11 is 6.51. The Kier molecular flexibility index (Phi) is 8.98. The number of carbonyl (C=O) groups is 2. The van der Waals surface area contributed by atoms with E-state index in [2.05, 4.69) is 20.7 Å². The Labute approximate surface area is 243 Å². The predicted octanol–water partition coefficient (Wildman–Crippen LogP) is 5.12. The van der Waals surface area contributed by atoms with Gasteiger partial charge >= 0.3 is 0 Å². The molecule has 2 aromatic heterocycles. The number of halogens is 1. The van der Waals surface area contributed by atoms with Crippen molar-refractivity contribution in [2.24, 2.45) is 0 Å². The normalized spacial score (nSPS) is 14.4. The van der Waals surface area contributed by atoms with Crippen molar-refractivity contribution in [1.82, 2.24) is 30.4 Å². The third kappa shape index (κ3) is 6.94. The Bertz CT molecular complexity index is 1480. The quantitative estimate of drug-likeness (QED) is 0.278. The van der Waals surface area contributed by atoms with Gasteiger partial charge in [0, 0.05) is 23.2 Å².